The number of amides is 1. The Balaban J connectivity index is 2.08. The predicted molar refractivity (Wildman–Crippen MR) is 62.2 cm³/mol. The zero-order valence-electron chi connectivity index (χ0n) is 9.13. The van der Waals surface area contributed by atoms with Crippen LogP contribution in [0.4, 0.5) is 5.13 Å². The minimum Gasteiger partial charge on any atom is -0.301 e. The third-order valence-corrected chi connectivity index (χ3v) is 4.83. The molecule has 0 aromatic carbocycles. The number of aromatic nitrogens is 2. The molecule has 1 aliphatic rings. The van der Waals surface area contributed by atoms with E-state index in [9.17, 15) is 13.2 Å². The Labute approximate surface area is 103 Å². The van der Waals surface area contributed by atoms with Crippen LogP contribution in [0.2, 0.25) is 0 Å². The van der Waals surface area contributed by atoms with E-state index in [1.54, 1.807) is 6.92 Å². The number of rotatable bonds is 5. The molecule has 1 heterocycles. The smallest absolute Gasteiger partial charge is 0.270 e. The predicted octanol–water partition coefficient (Wildman–Crippen LogP) is 0.327. The van der Waals surface area contributed by atoms with Gasteiger partial charge in [0.05, 0.1) is 0 Å². The lowest BCUT2D eigenvalue weighted by Gasteiger charge is -1.99. The molecule has 1 saturated carbocycles. The van der Waals surface area contributed by atoms with Crippen LogP contribution in [0.3, 0.4) is 0 Å². The van der Waals surface area contributed by atoms with Crippen LogP contribution < -0.4 is 10.0 Å². The highest BCUT2D eigenvalue weighted by molar-refractivity contribution is 7.91. The molecule has 1 amide bonds. The first-order valence-corrected chi connectivity index (χ1v) is 7.47. The molecule has 0 unspecified atom stereocenters. The first kappa shape index (κ1) is 12.4. The summed E-state index contributed by atoms with van der Waals surface area (Å²) >= 11 is 0.849. The van der Waals surface area contributed by atoms with E-state index in [0.717, 1.165) is 24.2 Å². The molecule has 2 rings (SSSR count). The van der Waals surface area contributed by atoms with Gasteiger partial charge >= 0.3 is 0 Å². The average Bonchev–Trinajstić information content (AvgIpc) is 2.93. The summed E-state index contributed by atoms with van der Waals surface area (Å²) in [5.41, 5.74) is 0. The van der Waals surface area contributed by atoms with Crippen molar-refractivity contribution >= 4 is 32.4 Å². The molecule has 17 heavy (non-hydrogen) atoms. The van der Waals surface area contributed by atoms with Gasteiger partial charge in [-0.15, -0.1) is 10.2 Å². The summed E-state index contributed by atoms with van der Waals surface area (Å²) in [6, 6.07) is 0.0255. The molecule has 2 N–H and O–H groups in total. The molecule has 0 aliphatic heterocycles. The SMILES string of the molecule is CCC(=O)Nc1nnc(S(=O)(=O)NC2CC2)s1. The minimum atomic E-state index is -3.58. The molecule has 0 radical (unpaired) electrons. The van der Waals surface area contributed by atoms with Gasteiger partial charge in [-0.1, -0.05) is 18.3 Å². The maximum Gasteiger partial charge on any atom is 0.270 e. The second kappa shape index (κ2) is 4.67. The van der Waals surface area contributed by atoms with Crippen LogP contribution in [-0.2, 0) is 14.8 Å². The minimum absolute atomic E-state index is 0.0255. The van der Waals surface area contributed by atoms with Gasteiger partial charge in [-0.3, -0.25) is 4.79 Å². The largest absolute Gasteiger partial charge is 0.301 e. The van der Waals surface area contributed by atoms with Crippen LogP contribution in [0.15, 0.2) is 4.34 Å². The molecule has 1 aromatic rings. The van der Waals surface area contributed by atoms with Crippen molar-refractivity contribution in [2.45, 2.75) is 36.6 Å². The Kier molecular flexibility index (Phi) is 3.40. The second-order valence-corrected chi connectivity index (χ2v) is 6.54. The maximum atomic E-state index is 11.7. The Hall–Kier alpha value is -1.06. The van der Waals surface area contributed by atoms with Crippen molar-refractivity contribution in [3.05, 3.63) is 0 Å². The van der Waals surface area contributed by atoms with Crippen LogP contribution in [0.25, 0.3) is 0 Å². The molecule has 1 fully saturated rings. The highest BCUT2D eigenvalue weighted by Gasteiger charge is 2.30. The molecule has 1 aromatic heterocycles. The van der Waals surface area contributed by atoms with Gasteiger partial charge in [-0.2, -0.15) is 0 Å². The van der Waals surface area contributed by atoms with E-state index in [0.29, 0.717) is 6.42 Å². The van der Waals surface area contributed by atoms with Crippen molar-refractivity contribution < 1.29 is 13.2 Å². The van der Waals surface area contributed by atoms with Gasteiger partial charge in [0.25, 0.3) is 10.0 Å². The normalized spacial score (nSPS) is 15.8. The lowest BCUT2D eigenvalue weighted by molar-refractivity contribution is -0.115. The summed E-state index contributed by atoms with van der Waals surface area (Å²) in [5.74, 6) is -0.222. The Morgan fingerprint density at radius 2 is 2.18 bits per heavy atom. The van der Waals surface area contributed by atoms with E-state index in [-0.39, 0.29) is 21.4 Å². The van der Waals surface area contributed by atoms with Gasteiger partial charge in [-0.25, -0.2) is 13.1 Å². The average molecular weight is 276 g/mol. The first-order chi connectivity index (χ1) is 8.01. The fourth-order valence-electron chi connectivity index (χ4n) is 1.05. The zero-order valence-corrected chi connectivity index (χ0v) is 10.8. The monoisotopic (exact) mass is 276 g/mol. The summed E-state index contributed by atoms with van der Waals surface area (Å²) in [6.45, 7) is 1.70. The summed E-state index contributed by atoms with van der Waals surface area (Å²) in [6.07, 6.45) is 2.02. The molecule has 0 spiro atoms. The molecule has 94 valence electrons. The van der Waals surface area contributed by atoms with Gasteiger partial charge in [0.15, 0.2) is 0 Å². The summed E-state index contributed by atoms with van der Waals surface area (Å²) in [5, 5.41) is 9.84. The Morgan fingerprint density at radius 3 is 2.76 bits per heavy atom. The summed E-state index contributed by atoms with van der Waals surface area (Å²) in [7, 11) is -3.58. The first-order valence-electron chi connectivity index (χ1n) is 5.17. The highest BCUT2D eigenvalue weighted by atomic mass is 32.2. The molecular weight excluding hydrogens is 264 g/mol. The molecule has 0 saturated heterocycles. The van der Waals surface area contributed by atoms with Crippen LogP contribution in [0, 0.1) is 0 Å². The lowest BCUT2D eigenvalue weighted by Crippen LogP contribution is -2.25. The molecule has 0 atom stereocenters. The van der Waals surface area contributed by atoms with Gasteiger partial charge in [-0.05, 0) is 12.8 Å². The van der Waals surface area contributed by atoms with E-state index in [1.165, 1.54) is 0 Å². The van der Waals surface area contributed by atoms with Crippen molar-refractivity contribution in [3.63, 3.8) is 0 Å². The Morgan fingerprint density at radius 1 is 1.47 bits per heavy atom. The highest BCUT2D eigenvalue weighted by Crippen LogP contribution is 2.24. The molecule has 7 nitrogen and oxygen atoms in total. The molecule has 9 heteroatoms. The third kappa shape index (κ3) is 3.20. The zero-order chi connectivity index (χ0) is 12.5. The van der Waals surface area contributed by atoms with Crippen molar-refractivity contribution in [2.75, 3.05) is 5.32 Å². The fourth-order valence-corrected chi connectivity index (χ4v) is 3.28. The number of sulfonamides is 1. The van der Waals surface area contributed by atoms with Gasteiger partial charge in [0.1, 0.15) is 0 Å². The number of carbonyl (C=O) groups is 1. The number of carbonyl (C=O) groups excluding carboxylic acids is 1. The number of hydrogen-bond acceptors (Lipinski definition) is 6. The molecule has 1 aliphatic carbocycles. The third-order valence-electron chi connectivity index (χ3n) is 2.10. The van der Waals surface area contributed by atoms with Crippen LogP contribution >= 0.6 is 11.3 Å². The molecular formula is C8H12N4O3S2. The second-order valence-electron chi connectivity index (χ2n) is 3.67. The summed E-state index contributed by atoms with van der Waals surface area (Å²) in [4.78, 5) is 11.1. The van der Waals surface area contributed by atoms with Crippen molar-refractivity contribution in [3.8, 4) is 0 Å². The van der Waals surface area contributed by atoms with E-state index >= 15 is 0 Å². The van der Waals surface area contributed by atoms with Gasteiger partial charge in [0.2, 0.25) is 15.4 Å². The maximum absolute atomic E-state index is 11.7. The standard InChI is InChI=1S/C8H12N4O3S2/c1-2-6(13)9-7-10-11-8(16-7)17(14,15)12-5-3-4-5/h5,12H,2-4H2,1H3,(H,9,10,13). The van der Waals surface area contributed by atoms with Crippen molar-refractivity contribution in [1.82, 2.24) is 14.9 Å². The van der Waals surface area contributed by atoms with Gasteiger partial charge in [0, 0.05) is 12.5 Å². The van der Waals surface area contributed by atoms with Gasteiger partial charge < -0.3 is 5.32 Å². The fraction of sp³-hybridized carbons (Fsp3) is 0.625. The Bertz CT molecular complexity index is 521. The number of hydrogen-bond donors (Lipinski definition) is 2. The number of anilines is 1. The number of nitrogens with zero attached hydrogens (tertiary/aromatic N) is 2. The van der Waals surface area contributed by atoms with Crippen LogP contribution in [-0.4, -0.2) is 30.6 Å². The summed E-state index contributed by atoms with van der Waals surface area (Å²) < 4.78 is 25.9. The quantitative estimate of drug-likeness (QED) is 0.755. The number of nitrogens with one attached hydrogen (secondary N) is 2. The molecule has 0 bridgehead atoms. The topological polar surface area (TPSA) is 101 Å². The van der Waals surface area contributed by atoms with Crippen molar-refractivity contribution in [1.29, 1.82) is 0 Å². The lowest BCUT2D eigenvalue weighted by atomic mass is 10.5. The van der Waals surface area contributed by atoms with E-state index < -0.39 is 10.0 Å². The van der Waals surface area contributed by atoms with E-state index in [4.69, 9.17) is 0 Å². The van der Waals surface area contributed by atoms with Crippen LogP contribution in [0.5, 0.6) is 0 Å². The van der Waals surface area contributed by atoms with E-state index in [2.05, 4.69) is 20.2 Å². The van der Waals surface area contributed by atoms with E-state index in [1.807, 2.05) is 0 Å². The van der Waals surface area contributed by atoms with Crippen LogP contribution in [0.1, 0.15) is 26.2 Å². The van der Waals surface area contributed by atoms with Crippen molar-refractivity contribution in [2.24, 2.45) is 0 Å².